The van der Waals surface area contributed by atoms with Gasteiger partial charge in [0, 0.05) is 18.5 Å². The average Bonchev–Trinajstić information content (AvgIpc) is 3.01. The van der Waals surface area contributed by atoms with Gasteiger partial charge in [-0.1, -0.05) is 12.1 Å². The highest BCUT2D eigenvalue weighted by molar-refractivity contribution is 5.39. The third-order valence-corrected chi connectivity index (χ3v) is 5.85. The van der Waals surface area contributed by atoms with E-state index in [1.54, 1.807) is 0 Å². The fourth-order valence-corrected chi connectivity index (χ4v) is 4.52. The van der Waals surface area contributed by atoms with Gasteiger partial charge in [0.2, 0.25) is 0 Å². The Labute approximate surface area is 126 Å². The summed E-state index contributed by atoms with van der Waals surface area (Å²) in [6.07, 6.45) is 7.34. The number of hydrogen-bond acceptors (Lipinski definition) is 3. The molecule has 21 heavy (non-hydrogen) atoms. The molecule has 1 aromatic rings. The summed E-state index contributed by atoms with van der Waals surface area (Å²) in [6, 6.07) is 7.73. The molecule has 2 fully saturated rings. The fraction of sp³-hybridized carbons (Fsp3) is 0.667. The van der Waals surface area contributed by atoms with Crippen LogP contribution >= 0.6 is 0 Å². The molecule has 3 heterocycles. The highest BCUT2D eigenvalue weighted by atomic mass is 16.5. The summed E-state index contributed by atoms with van der Waals surface area (Å²) >= 11 is 0. The normalized spacial score (nSPS) is 34.8. The van der Waals surface area contributed by atoms with Crippen LogP contribution in [-0.4, -0.2) is 41.3 Å². The lowest BCUT2D eigenvalue weighted by Gasteiger charge is -2.42. The molecule has 1 aromatic carbocycles. The maximum Gasteiger partial charge on any atom is 0.122 e. The number of fused-ring (bicyclic) bond motifs is 3. The number of aryl methyl sites for hydroxylation is 1. The van der Waals surface area contributed by atoms with Crippen LogP contribution in [0, 0.1) is 0 Å². The number of rotatable bonds is 3. The molecule has 3 nitrogen and oxygen atoms in total. The summed E-state index contributed by atoms with van der Waals surface area (Å²) in [6.45, 7) is 0.818. The summed E-state index contributed by atoms with van der Waals surface area (Å²) in [5, 5.41) is 11.0. The van der Waals surface area contributed by atoms with Gasteiger partial charge in [-0.2, -0.15) is 0 Å². The van der Waals surface area contributed by atoms with Crippen molar-refractivity contribution in [2.24, 2.45) is 0 Å². The molecular weight excluding hydrogens is 262 g/mol. The molecule has 0 amide bonds. The zero-order valence-corrected chi connectivity index (χ0v) is 12.8. The van der Waals surface area contributed by atoms with Crippen molar-refractivity contribution < 1.29 is 9.84 Å². The molecule has 0 spiro atoms. The van der Waals surface area contributed by atoms with Crippen LogP contribution < -0.4 is 4.74 Å². The van der Waals surface area contributed by atoms with Crippen LogP contribution in [0.3, 0.4) is 0 Å². The van der Waals surface area contributed by atoms with Crippen LogP contribution in [0.4, 0.5) is 0 Å². The first-order chi connectivity index (χ1) is 10.1. The molecular formula is C18H25NO2. The smallest absolute Gasteiger partial charge is 0.122 e. The van der Waals surface area contributed by atoms with Crippen molar-refractivity contribution >= 4 is 0 Å². The van der Waals surface area contributed by atoms with Gasteiger partial charge in [0.1, 0.15) is 5.75 Å². The van der Waals surface area contributed by atoms with E-state index in [1.807, 2.05) is 0 Å². The maximum absolute atomic E-state index is 11.0. The molecule has 0 aromatic heterocycles. The van der Waals surface area contributed by atoms with E-state index < -0.39 is 5.60 Å². The lowest BCUT2D eigenvalue weighted by Crippen LogP contribution is -2.49. The molecule has 114 valence electrons. The zero-order valence-electron chi connectivity index (χ0n) is 12.8. The largest absolute Gasteiger partial charge is 0.493 e. The van der Waals surface area contributed by atoms with Crippen molar-refractivity contribution in [2.75, 3.05) is 13.7 Å². The predicted octanol–water partition coefficient (Wildman–Crippen LogP) is 2.54. The zero-order chi connectivity index (χ0) is 14.4. The lowest BCUT2D eigenvalue weighted by molar-refractivity contribution is -0.0497. The molecule has 0 radical (unpaired) electrons. The topological polar surface area (TPSA) is 32.7 Å². The van der Waals surface area contributed by atoms with E-state index >= 15 is 0 Å². The average molecular weight is 287 g/mol. The van der Waals surface area contributed by atoms with Gasteiger partial charge in [0.25, 0.3) is 0 Å². The second-order valence-electron chi connectivity index (χ2n) is 7.22. The molecule has 2 saturated heterocycles. The van der Waals surface area contributed by atoms with E-state index in [1.165, 1.54) is 24.0 Å². The molecule has 2 unspecified atom stereocenters. The van der Waals surface area contributed by atoms with Crippen LogP contribution in [0.5, 0.6) is 5.75 Å². The Morgan fingerprint density at radius 1 is 1.29 bits per heavy atom. The van der Waals surface area contributed by atoms with Gasteiger partial charge in [-0.05, 0) is 62.8 Å². The molecule has 3 aliphatic rings. The standard InChI is InChI=1S/C18H25NO2/c1-19-15-3-4-16(19)12-18(20,11-15)8-6-13-2-5-17-14(10-13)7-9-21-17/h2,5,10,15-16,20H,3-4,6-9,11-12H2,1H3. The number of aliphatic hydroxyl groups is 1. The highest BCUT2D eigenvalue weighted by Crippen LogP contribution is 2.41. The van der Waals surface area contributed by atoms with Gasteiger partial charge in [-0.25, -0.2) is 0 Å². The van der Waals surface area contributed by atoms with E-state index in [0.717, 1.165) is 44.5 Å². The van der Waals surface area contributed by atoms with Crippen molar-refractivity contribution in [3.05, 3.63) is 29.3 Å². The minimum atomic E-state index is -0.451. The Bertz CT molecular complexity index is 528. The van der Waals surface area contributed by atoms with Crippen LogP contribution in [0.15, 0.2) is 18.2 Å². The summed E-state index contributed by atoms with van der Waals surface area (Å²) in [7, 11) is 2.22. The first kappa shape index (κ1) is 13.6. The first-order valence-electron chi connectivity index (χ1n) is 8.32. The van der Waals surface area contributed by atoms with Gasteiger partial charge < -0.3 is 14.7 Å². The minimum absolute atomic E-state index is 0.451. The Balaban J connectivity index is 1.42. The Hall–Kier alpha value is -1.06. The first-order valence-corrected chi connectivity index (χ1v) is 8.32. The van der Waals surface area contributed by atoms with Crippen molar-refractivity contribution in [3.8, 4) is 5.75 Å². The van der Waals surface area contributed by atoms with Crippen molar-refractivity contribution in [2.45, 2.75) is 62.6 Å². The number of benzene rings is 1. The molecule has 0 saturated carbocycles. The van der Waals surface area contributed by atoms with Crippen LogP contribution in [-0.2, 0) is 12.8 Å². The molecule has 0 aliphatic carbocycles. The van der Waals surface area contributed by atoms with Crippen molar-refractivity contribution in [1.29, 1.82) is 0 Å². The second kappa shape index (κ2) is 4.99. The molecule has 3 heteroatoms. The van der Waals surface area contributed by atoms with E-state index in [9.17, 15) is 5.11 Å². The van der Waals surface area contributed by atoms with Crippen LogP contribution in [0.1, 0.15) is 43.2 Å². The number of ether oxygens (including phenoxy) is 1. The maximum atomic E-state index is 11.0. The van der Waals surface area contributed by atoms with E-state index in [2.05, 4.69) is 30.1 Å². The molecule has 2 bridgehead atoms. The van der Waals surface area contributed by atoms with E-state index in [0.29, 0.717) is 12.1 Å². The minimum Gasteiger partial charge on any atom is -0.493 e. The molecule has 3 aliphatic heterocycles. The lowest BCUT2D eigenvalue weighted by atomic mass is 9.82. The fourth-order valence-electron chi connectivity index (χ4n) is 4.52. The van der Waals surface area contributed by atoms with Crippen LogP contribution in [0.25, 0.3) is 0 Å². The Morgan fingerprint density at radius 2 is 2.05 bits per heavy atom. The van der Waals surface area contributed by atoms with Crippen molar-refractivity contribution in [3.63, 3.8) is 0 Å². The van der Waals surface area contributed by atoms with Gasteiger partial charge in [-0.3, -0.25) is 0 Å². The predicted molar refractivity (Wildman–Crippen MR) is 82.7 cm³/mol. The van der Waals surface area contributed by atoms with E-state index in [-0.39, 0.29) is 0 Å². The summed E-state index contributed by atoms with van der Waals surface area (Å²) < 4.78 is 5.56. The number of hydrogen-bond donors (Lipinski definition) is 1. The SMILES string of the molecule is CN1C2CCC1CC(O)(CCc1ccc3c(c1)CCO3)C2. The highest BCUT2D eigenvalue weighted by Gasteiger charge is 2.45. The number of nitrogens with zero attached hydrogens (tertiary/aromatic N) is 1. The van der Waals surface area contributed by atoms with E-state index in [4.69, 9.17) is 4.74 Å². The van der Waals surface area contributed by atoms with Crippen LogP contribution in [0.2, 0.25) is 0 Å². The Morgan fingerprint density at radius 3 is 2.81 bits per heavy atom. The second-order valence-corrected chi connectivity index (χ2v) is 7.22. The van der Waals surface area contributed by atoms with Crippen molar-refractivity contribution in [1.82, 2.24) is 4.90 Å². The Kier molecular flexibility index (Phi) is 3.23. The van der Waals surface area contributed by atoms with Gasteiger partial charge in [-0.15, -0.1) is 0 Å². The van der Waals surface area contributed by atoms with Gasteiger partial charge >= 0.3 is 0 Å². The third kappa shape index (κ3) is 2.47. The molecule has 4 rings (SSSR count). The quantitative estimate of drug-likeness (QED) is 0.927. The molecule has 1 N–H and O–H groups in total. The summed E-state index contributed by atoms with van der Waals surface area (Å²) in [5.41, 5.74) is 2.23. The molecule has 2 atom stereocenters. The van der Waals surface area contributed by atoms with Gasteiger partial charge in [0.05, 0.1) is 12.2 Å². The monoisotopic (exact) mass is 287 g/mol. The summed E-state index contributed by atoms with van der Waals surface area (Å²) in [4.78, 5) is 2.49. The number of piperidine rings is 1. The summed E-state index contributed by atoms with van der Waals surface area (Å²) in [5.74, 6) is 1.05. The third-order valence-electron chi connectivity index (χ3n) is 5.85. The van der Waals surface area contributed by atoms with Gasteiger partial charge in [0.15, 0.2) is 0 Å².